The van der Waals surface area contributed by atoms with Gasteiger partial charge in [0, 0.05) is 148 Å². The van der Waals surface area contributed by atoms with Crippen LogP contribution in [-0.4, -0.2) is 166 Å². The summed E-state index contributed by atoms with van der Waals surface area (Å²) in [6.45, 7) is 14.5. The summed E-state index contributed by atoms with van der Waals surface area (Å²) in [5, 5.41) is 12.6. The van der Waals surface area contributed by atoms with Gasteiger partial charge in [0.25, 0.3) is 32.1 Å². The number of nitrogens with zero attached hydrogens (tertiary/aromatic N) is 10. The molecule has 0 unspecified atom stereocenters. The largest absolute Gasteiger partial charge is 0.324 e. The van der Waals surface area contributed by atoms with Crippen molar-refractivity contribution in [1.82, 2.24) is 49.5 Å². The number of anilines is 6. The number of likely N-dealkylation sites (N-methyl/N-ethyl adjacent to an activating group) is 2. The van der Waals surface area contributed by atoms with Gasteiger partial charge in [-0.3, -0.25) is 38.5 Å². The van der Waals surface area contributed by atoms with Gasteiger partial charge in [0.1, 0.15) is 0 Å². The molecule has 6 N–H and O–H groups in total. The molecule has 24 heteroatoms. The van der Waals surface area contributed by atoms with Gasteiger partial charge in [-0.1, -0.05) is 36.4 Å². The van der Waals surface area contributed by atoms with E-state index in [4.69, 9.17) is 9.11 Å². The van der Waals surface area contributed by atoms with E-state index in [0.717, 1.165) is 110 Å². The molecule has 2 aliphatic rings. The Labute approximate surface area is 491 Å². The van der Waals surface area contributed by atoms with Crippen LogP contribution >= 0.6 is 0 Å². The molecule has 8 aromatic rings. The maximum atomic E-state index is 12.9. The molecular formula is C60H70N14O8S2. The minimum Gasteiger partial charge on any atom is -0.324 e. The Morgan fingerprint density at radius 3 is 1.19 bits per heavy atom. The van der Waals surface area contributed by atoms with Gasteiger partial charge in [-0.2, -0.15) is 16.8 Å². The number of carbonyl (C=O) groups is 2. The van der Waals surface area contributed by atoms with E-state index < -0.39 is 20.2 Å². The Hall–Kier alpha value is -8.46. The van der Waals surface area contributed by atoms with Crippen molar-refractivity contribution in [3.8, 4) is 22.5 Å². The smallest absolute Gasteiger partial charge is 0.261 e. The van der Waals surface area contributed by atoms with Crippen molar-refractivity contribution in [2.45, 2.75) is 26.9 Å². The average Bonchev–Trinajstić information content (AvgIpc) is 3.50. The predicted octanol–water partition coefficient (Wildman–Crippen LogP) is 8.19. The number of pyridine rings is 2. The second kappa shape index (κ2) is 30.2. The lowest BCUT2D eigenvalue weighted by molar-refractivity contribution is 0.101. The molecule has 22 nitrogen and oxygen atoms in total. The van der Waals surface area contributed by atoms with Crippen LogP contribution in [0.2, 0.25) is 0 Å². The number of rotatable bonds is 14. The molecular weight excluding hydrogens is 1110 g/mol. The number of nitrogens with one attached hydrogen (secondary N) is 4. The first-order valence-corrected chi connectivity index (χ1v) is 30.5. The molecule has 4 aromatic heterocycles. The summed E-state index contributed by atoms with van der Waals surface area (Å²) in [5.41, 5.74) is 12.2. The van der Waals surface area contributed by atoms with Crippen molar-refractivity contribution in [2.75, 3.05) is 100 Å². The molecule has 0 spiro atoms. The molecule has 10 rings (SSSR count). The van der Waals surface area contributed by atoms with Crippen molar-refractivity contribution in [3.05, 3.63) is 192 Å². The zero-order valence-corrected chi connectivity index (χ0v) is 49.3. The van der Waals surface area contributed by atoms with Gasteiger partial charge < -0.3 is 31.1 Å². The van der Waals surface area contributed by atoms with E-state index in [9.17, 15) is 26.4 Å². The molecule has 2 amide bonds. The lowest BCUT2D eigenvalue weighted by atomic mass is 10.1. The fraction of sp³-hybridized carbons (Fsp3) is 0.267. The van der Waals surface area contributed by atoms with Gasteiger partial charge in [0.15, 0.2) is 0 Å². The lowest BCUT2D eigenvalue weighted by Crippen LogP contribution is -2.43. The molecule has 2 aliphatic heterocycles. The molecule has 0 saturated carbocycles. The topological polar surface area (TPSA) is 281 Å². The summed E-state index contributed by atoms with van der Waals surface area (Å²) in [4.78, 5) is 61.7. The number of piperazine rings is 2. The second-order valence-electron chi connectivity index (χ2n) is 20.3. The van der Waals surface area contributed by atoms with Crippen LogP contribution < -0.4 is 21.3 Å². The first kappa shape index (κ1) is 63.1. The van der Waals surface area contributed by atoms with Crippen LogP contribution in [0.5, 0.6) is 0 Å². The SMILES string of the molecule is CS(=O)(=O)O.CS(=O)(=O)O.Cc1ccc(NC(=O)c2ccc(CN3CCN(C)CC3)cc2)cc1Nc1nccc(-c2cccnc2)n1.Cc1ccc(NC(=O)c2ccc(CN3CCN(C)CC3)cc2)cc1Nc1nccc(-c2cccnc2)n1. The van der Waals surface area contributed by atoms with Gasteiger partial charge in [-0.15, -0.1) is 0 Å². The van der Waals surface area contributed by atoms with Gasteiger partial charge >= 0.3 is 0 Å². The highest BCUT2D eigenvalue weighted by molar-refractivity contribution is 7.85. The zero-order valence-electron chi connectivity index (χ0n) is 47.7. The summed E-state index contributed by atoms with van der Waals surface area (Å²) in [5.74, 6) is 0.666. The van der Waals surface area contributed by atoms with E-state index in [1.54, 1.807) is 37.2 Å². The van der Waals surface area contributed by atoms with Gasteiger partial charge in [0.2, 0.25) is 11.9 Å². The van der Waals surface area contributed by atoms with Crippen molar-refractivity contribution in [2.24, 2.45) is 0 Å². The van der Waals surface area contributed by atoms with Crippen LogP contribution in [0, 0.1) is 13.8 Å². The highest BCUT2D eigenvalue weighted by Gasteiger charge is 2.17. The first-order chi connectivity index (χ1) is 40.1. The Morgan fingerprint density at radius 2 is 0.857 bits per heavy atom. The third-order valence-corrected chi connectivity index (χ3v) is 13.1. The Balaban J connectivity index is 0.000000208. The quantitative estimate of drug-likeness (QED) is 0.0560. The molecule has 440 valence electrons. The average molecular weight is 1180 g/mol. The summed E-state index contributed by atoms with van der Waals surface area (Å²) in [6.07, 6.45) is 11.9. The third kappa shape index (κ3) is 21.7. The summed E-state index contributed by atoms with van der Waals surface area (Å²) < 4.78 is 51.7. The Bertz CT molecular complexity index is 3410. The number of hydrogen-bond donors (Lipinski definition) is 6. The first-order valence-electron chi connectivity index (χ1n) is 26.8. The van der Waals surface area contributed by atoms with Crippen LogP contribution in [0.25, 0.3) is 22.5 Å². The highest BCUT2D eigenvalue weighted by atomic mass is 32.2. The van der Waals surface area contributed by atoms with E-state index in [1.807, 2.05) is 135 Å². The molecule has 6 heterocycles. The maximum absolute atomic E-state index is 12.9. The molecule has 2 fully saturated rings. The molecule has 4 aromatic carbocycles. The van der Waals surface area contributed by atoms with Crippen LogP contribution in [-0.2, 0) is 33.3 Å². The molecule has 84 heavy (non-hydrogen) atoms. The fourth-order valence-electron chi connectivity index (χ4n) is 8.56. The van der Waals surface area contributed by atoms with Gasteiger partial charge in [0.05, 0.1) is 23.9 Å². The number of aromatic nitrogens is 6. The van der Waals surface area contributed by atoms with E-state index in [2.05, 4.69) is 84.9 Å². The van der Waals surface area contributed by atoms with Crippen LogP contribution in [0.4, 0.5) is 34.6 Å². The number of benzene rings is 4. The Kier molecular flexibility index (Phi) is 22.7. The van der Waals surface area contributed by atoms with Crippen LogP contribution in [0.3, 0.4) is 0 Å². The number of hydrogen-bond acceptors (Lipinski definition) is 18. The monoisotopic (exact) mass is 1180 g/mol. The predicted molar refractivity (Wildman–Crippen MR) is 329 cm³/mol. The molecule has 0 bridgehead atoms. The fourth-order valence-corrected chi connectivity index (χ4v) is 8.56. The molecule has 0 atom stereocenters. The minimum absolute atomic E-state index is 0.143. The van der Waals surface area contributed by atoms with E-state index in [0.29, 0.717) is 46.9 Å². The number of amides is 2. The third-order valence-electron chi connectivity index (χ3n) is 13.1. The summed E-state index contributed by atoms with van der Waals surface area (Å²) in [6, 6.07) is 38.6. The highest BCUT2D eigenvalue weighted by Crippen LogP contribution is 2.27. The van der Waals surface area contributed by atoms with E-state index in [-0.39, 0.29) is 11.8 Å². The van der Waals surface area contributed by atoms with Gasteiger partial charge in [-0.05, 0) is 135 Å². The zero-order chi connectivity index (χ0) is 60.2. The Morgan fingerprint density at radius 1 is 0.500 bits per heavy atom. The van der Waals surface area contributed by atoms with Crippen molar-refractivity contribution >= 4 is 66.7 Å². The lowest BCUT2D eigenvalue weighted by Gasteiger charge is -2.32. The van der Waals surface area contributed by atoms with Crippen LogP contribution in [0.1, 0.15) is 43.0 Å². The van der Waals surface area contributed by atoms with Crippen molar-refractivity contribution in [1.29, 1.82) is 0 Å². The van der Waals surface area contributed by atoms with Crippen molar-refractivity contribution in [3.63, 3.8) is 0 Å². The molecule has 0 aliphatic carbocycles. The molecule has 2 saturated heterocycles. The number of aryl methyl sites for hydroxylation is 2. The maximum Gasteiger partial charge on any atom is 0.261 e. The van der Waals surface area contributed by atoms with Crippen LogP contribution in [0.15, 0.2) is 159 Å². The minimum atomic E-state index is -3.67. The van der Waals surface area contributed by atoms with Gasteiger partial charge in [-0.25, -0.2) is 19.9 Å². The van der Waals surface area contributed by atoms with Crippen molar-refractivity contribution < 1.29 is 35.5 Å². The summed E-state index contributed by atoms with van der Waals surface area (Å²) in [7, 11) is -3.01. The second-order valence-corrected chi connectivity index (χ2v) is 23.2. The number of carbonyl (C=O) groups excluding carboxylic acids is 2. The molecule has 0 radical (unpaired) electrons. The summed E-state index contributed by atoms with van der Waals surface area (Å²) >= 11 is 0. The standard InChI is InChI=1S/2C29H31N7O.2CH4O3S/c2*1-21-5-10-25(18-27(21)34-29-31-13-11-26(33-29)24-4-3-12-30-19-24)32-28(37)23-8-6-22(7-9-23)20-36-16-14-35(2)15-17-36;2*1-5(2,3)4/h2*3-13,18-19H,14-17,20H2,1-2H3,(H,32,37)(H,31,33,34);2*1H3,(H,2,3,4). The normalized spacial score (nSPS) is 14.0. The van der Waals surface area contributed by atoms with E-state index in [1.165, 1.54) is 11.1 Å². The van der Waals surface area contributed by atoms with E-state index >= 15 is 0 Å².